The van der Waals surface area contributed by atoms with Crippen LogP contribution in [0.2, 0.25) is 0 Å². The van der Waals surface area contributed by atoms with Crippen molar-refractivity contribution in [1.29, 1.82) is 0 Å². The molecule has 1 fully saturated rings. The van der Waals surface area contributed by atoms with Gasteiger partial charge in [0.1, 0.15) is 0 Å². The molecule has 7 heteroatoms. The Balaban J connectivity index is 1.49. The largest absolute Gasteiger partial charge is 0.369 e. The van der Waals surface area contributed by atoms with E-state index in [4.69, 9.17) is 17.3 Å². The highest BCUT2D eigenvalue weighted by Gasteiger charge is 2.19. The maximum Gasteiger partial charge on any atom is 0.199 e. The second-order valence-corrected chi connectivity index (χ2v) is 7.44. The third kappa shape index (κ3) is 4.00. The number of hydrogen-bond acceptors (Lipinski definition) is 5. The molecular weight excluding hydrogens is 368 g/mol. The Morgan fingerprint density at radius 1 is 0.964 bits per heavy atom. The summed E-state index contributed by atoms with van der Waals surface area (Å²) in [5.41, 5.74) is 2.35. The minimum absolute atomic E-state index is 0.732. The maximum absolute atomic E-state index is 5.76. The average molecular weight is 395 g/mol. The van der Waals surface area contributed by atoms with Crippen molar-refractivity contribution in [3.8, 4) is 11.4 Å². The van der Waals surface area contributed by atoms with E-state index in [-0.39, 0.29) is 0 Å². The molecule has 0 bridgehead atoms. The van der Waals surface area contributed by atoms with Crippen molar-refractivity contribution >= 4 is 17.9 Å². The highest BCUT2D eigenvalue weighted by atomic mass is 32.1. The van der Waals surface area contributed by atoms with Gasteiger partial charge in [-0.2, -0.15) is 5.10 Å². The smallest absolute Gasteiger partial charge is 0.199 e. The highest BCUT2D eigenvalue weighted by Crippen LogP contribution is 2.19. The van der Waals surface area contributed by atoms with Gasteiger partial charge >= 0.3 is 0 Å². The molecule has 3 heterocycles. The van der Waals surface area contributed by atoms with Crippen LogP contribution in [0.4, 0.5) is 5.69 Å². The number of aromatic nitrogens is 4. The molecule has 0 saturated carbocycles. The van der Waals surface area contributed by atoms with Crippen LogP contribution in [0, 0.1) is 4.77 Å². The molecule has 1 aliphatic rings. The summed E-state index contributed by atoms with van der Waals surface area (Å²) in [5.74, 6) is 0.928. The lowest BCUT2D eigenvalue weighted by molar-refractivity contribution is 0.194. The zero-order chi connectivity index (χ0) is 19.3. The zero-order valence-corrected chi connectivity index (χ0v) is 17.1. The fourth-order valence-electron chi connectivity index (χ4n) is 3.65. The molecule has 2 aromatic heterocycles. The summed E-state index contributed by atoms with van der Waals surface area (Å²) in [7, 11) is 0. The van der Waals surface area contributed by atoms with Gasteiger partial charge in [-0.25, -0.2) is 4.68 Å². The number of hydrogen-bond donors (Lipinski definition) is 0. The molecular formula is C21H26N6S. The lowest BCUT2D eigenvalue weighted by Crippen LogP contribution is -2.47. The van der Waals surface area contributed by atoms with E-state index in [0.29, 0.717) is 0 Å². The number of anilines is 1. The molecule has 3 aromatic rings. The summed E-state index contributed by atoms with van der Waals surface area (Å²) in [6.07, 6.45) is 4.63. The van der Waals surface area contributed by atoms with Gasteiger partial charge < -0.3 is 4.90 Å². The van der Waals surface area contributed by atoms with Gasteiger partial charge in [0.15, 0.2) is 10.6 Å². The Hall–Kier alpha value is -2.51. The summed E-state index contributed by atoms with van der Waals surface area (Å²) in [6.45, 7) is 7.81. The van der Waals surface area contributed by atoms with Crippen LogP contribution in [0.5, 0.6) is 0 Å². The van der Waals surface area contributed by atoms with Crippen LogP contribution in [0.25, 0.3) is 11.4 Å². The normalized spacial score (nSPS) is 15.1. The van der Waals surface area contributed by atoms with E-state index in [1.165, 1.54) is 5.69 Å². The first kappa shape index (κ1) is 18.8. The number of para-hydroxylation sites is 1. The lowest BCUT2D eigenvalue weighted by atomic mass is 10.2. The second-order valence-electron chi connectivity index (χ2n) is 7.08. The Kier molecular flexibility index (Phi) is 5.83. The van der Waals surface area contributed by atoms with E-state index in [1.54, 1.807) is 12.4 Å². The Labute approximate surface area is 171 Å². The molecule has 1 aromatic carbocycles. The van der Waals surface area contributed by atoms with Crippen LogP contribution in [0.1, 0.15) is 13.3 Å². The predicted molar refractivity (Wildman–Crippen MR) is 115 cm³/mol. The van der Waals surface area contributed by atoms with Gasteiger partial charge in [-0.05, 0) is 42.9 Å². The SMILES string of the molecule is CCCn1c(-c2ccncc2)nn(CN2CCN(c3ccccc3)CC2)c1=S. The molecule has 6 nitrogen and oxygen atoms in total. The van der Waals surface area contributed by atoms with Crippen LogP contribution < -0.4 is 4.90 Å². The molecule has 0 atom stereocenters. The standard InChI is InChI=1S/C21H26N6S/c1-2-12-26-20(18-8-10-22-11-9-18)23-27(21(26)28)17-24-13-15-25(16-14-24)19-6-4-3-5-7-19/h3-11H,2,12-17H2,1H3. The predicted octanol–water partition coefficient (Wildman–Crippen LogP) is 3.67. The third-order valence-corrected chi connectivity index (χ3v) is 5.57. The van der Waals surface area contributed by atoms with Gasteiger partial charge in [0.05, 0.1) is 6.67 Å². The van der Waals surface area contributed by atoms with E-state index < -0.39 is 0 Å². The van der Waals surface area contributed by atoms with E-state index in [2.05, 4.69) is 56.6 Å². The monoisotopic (exact) mass is 394 g/mol. The van der Waals surface area contributed by atoms with Gasteiger partial charge in [-0.1, -0.05) is 25.1 Å². The highest BCUT2D eigenvalue weighted by molar-refractivity contribution is 7.71. The Bertz CT molecular complexity index is 942. The van der Waals surface area contributed by atoms with E-state index >= 15 is 0 Å². The minimum Gasteiger partial charge on any atom is -0.369 e. The number of rotatable bonds is 6. The van der Waals surface area contributed by atoms with Gasteiger partial charge in [0.25, 0.3) is 0 Å². The summed E-state index contributed by atoms with van der Waals surface area (Å²) in [4.78, 5) is 8.98. The van der Waals surface area contributed by atoms with E-state index in [0.717, 1.165) is 62.0 Å². The Morgan fingerprint density at radius 2 is 1.68 bits per heavy atom. The molecule has 1 saturated heterocycles. The van der Waals surface area contributed by atoms with Crippen molar-refractivity contribution in [3.05, 3.63) is 59.6 Å². The average Bonchev–Trinajstić information content (AvgIpc) is 3.06. The molecule has 1 aliphatic heterocycles. The number of benzene rings is 1. The molecule has 0 aliphatic carbocycles. The summed E-state index contributed by atoms with van der Waals surface area (Å²) in [6, 6.07) is 14.6. The van der Waals surface area contributed by atoms with Crippen LogP contribution in [0.15, 0.2) is 54.9 Å². The first-order valence-corrected chi connectivity index (χ1v) is 10.3. The van der Waals surface area contributed by atoms with Crippen LogP contribution in [-0.4, -0.2) is 50.4 Å². The van der Waals surface area contributed by atoms with Gasteiger partial charge in [0.2, 0.25) is 0 Å². The molecule has 0 radical (unpaired) electrons. The summed E-state index contributed by atoms with van der Waals surface area (Å²) < 4.78 is 4.91. The molecule has 28 heavy (non-hydrogen) atoms. The molecule has 4 rings (SSSR count). The van der Waals surface area contributed by atoms with Crippen molar-refractivity contribution in [2.24, 2.45) is 0 Å². The van der Waals surface area contributed by atoms with Crippen LogP contribution in [0.3, 0.4) is 0 Å². The third-order valence-electron chi connectivity index (χ3n) is 5.14. The quantitative estimate of drug-likeness (QED) is 0.597. The lowest BCUT2D eigenvalue weighted by Gasteiger charge is -2.35. The van der Waals surface area contributed by atoms with Crippen molar-refractivity contribution in [2.45, 2.75) is 26.6 Å². The second kappa shape index (κ2) is 8.67. The molecule has 0 amide bonds. The van der Waals surface area contributed by atoms with Gasteiger partial charge in [-0.3, -0.25) is 14.5 Å². The first-order valence-electron chi connectivity index (χ1n) is 9.86. The topological polar surface area (TPSA) is 42.1 Å². The zero-order valence-electron chi connectivity index (χ0n) is 16.2. The summed E-state index contributed by atoms with van der Waals surface area (Å²) >= 11 is 5.76. The summed E-state index contributed by atoms with van der Waals surface area (Å²) in [5, 5.41) is 4.86. The maximum atomic E-state index is 5.76. The number of pyridine rings is 1. The molecule has 0 N–H and O–H groups in total. The van der Waals surface area contributed by atoms with Crippen molar-refractivity contribution in [1.82, 2.24) is 24.2 Å². The fraction of sp³-hybridized carbons (Fsp3) is 0.381. The van der Waals surface area contributed by atoms with Crippen LogP contribution >= 0.6 is 12.2 Å². The van der Waals surface area contributed by atoms with E-state index in [9.17, 15) is 0 Å². The van der Waals surface area contributed by atoms with Gasteiger partial charge in [0, 0.05) is 56.4 Å². The number of nitrogens with zero attached hydrogens (tertiary/aromatic N) is 6. The van der Waals surface area contributed by atoms with Crippen LogP contribution in [-0.2, 0) is 13.2 Å². The fourth-order valence-corrected chi connectivity index (χ4v) is 3.92. The minimum atomic E-state index is 0.732. The molecule has 0 unspecified atom stereocenters. The molecule has 146 valence electrons. The number of piperazine rings is 1. The van der Waals surface area contributed by atoms with Gasteiger partial charge in [-0.15, -0.1) is 0 Å². The van der Waals surface area contributed by atoms with E-state index in [1.807, 2.05) is 16.8 Å². The van der Waals surface area contributed by atoms with Crippen molar-refractivity contribution < 1.29 is 0 Å². The molecule has 0 spiro atoms. The van der Waals surface area contributed by atoms with Crippen molar-refractivity contribution in [2.75, 3.05) is 31.1 Å². The first-order chi connectivity index (χ1) is 13.8. The van der Waals surface area contributed by atoms with Crippen molar-refractivity contribution in [3.63, 3.8) is 0 Å². The Morgan fingerprint density at radius 3 is 2.36 bits per heavy atom.